The number of hydrogen-bond acceptors (Lipinski definition) is 1. The summed E-state index contributed by atoms with van der Waals surface area (Å²) in [5, 5.41) is 3.05. The van der Waals surface area contributed by atoms with Gasteiger partial charge in [-0.15, -0.1) is 0 Å². The van der Waals surface area contributed by atoms with Gasteiger partial charge in [0.05, 0.1) is 0 Å². The molecule has 16 heavy (non-hydrogen) atoms. The minimum Gasteiger partial charge on any atom is -0.326 e. The van der Waals surface area contributed by atoms with Crippen molar-refractivity contribution in [2.75, 3.05) is 5.32 Å². The van der Waals surface area contributed by atoms with Crippen molar-refractivity contribution in [3.63, 3.8) is 0 Å². The van der Waals surface area contributed by atoms with E-state index in [0.717, 1.165) is 18.5 Å². The fourth-order valence-corrected chi connectivity index (χ4v) is 2.31. The van der Waals surface area contributed by atoms with Crippen molar-refractivity contribution in [1.29, 1.82) is 0 Å². The van der Waals surface area contributed by atoms with Gasteiger partial charge in [-0.1, -0.05) is 25.0 Å². The van der Waals surface area contributed by atoms with Crippen LogP contribution in [0.3, 0.4) is 0 Å². The minimum absolute atomic E-state index is 0.200. The van der Waals surface area contributed by atoms with Gasteiger partial charge in [-0.2, -0.15) is 0 Å². The molecule has 0 heterocycles. The third-order valence-electron chi connectivity index (χ3n) is 3.59. The molecule has 0 saturated heterocycles. The van der Waals surface area contributed by atoms with Crippen molar-refractivity contribution in [3.8, 4) is 0 Å². The van der Waals surface area contributed by atoms with E-state index in [9.17, 15) is 4.79 Å². The molecule has 0 spiro atoms. The summed E-state index contributed by atoms with van der Waals surface area (Å²) < 4.78 is 0. The molecule has 1 amide bonds. The highest BCUT2D eigenvalue weighted by molar-refractivity contribution is 5.93. The third-order valence-corrected chi connectivity index (χ3v) is 3.59. The molecule has 0 atom stereocenters. The number of anilines is 1. The normalized spacial score (nSPS) is 16.4. The predicted octanol–water partition coefficient (Wildman–Crippen LogP) is 3.43. The molecule has 0 unspecified atom stereocenters. The number of rotatable bonds is 2. The number of carbonyl (C=O) groups excluding carboxylic acids is 1. The molecular weight excluding hydrogens is 198 g/mol. The first kappa shape index (κ1) is 11.2. The van der Waals surface area contributed by atoms with Crippen LogP contribution in [0.4, 0.5) is 5.69 Å². The largest absolute Gasteiger partial charge is 0.326 e. The van der Waals surface area contributed by atoms with Crippen LogP contribution in [0, 0.1) is 19.8 Å². The van der Waals surface area contributed by atoms with Crippen molar-refractivity contribution in [3.05, 3.63) is 29.3 Å². The number of amides is 1. The van der Waals surface area contributed by atoms with Gasteiger partial charge in [0.15, 0.2) is 0 Å². The summed E-state index contributed by atoms with van der Waals surface area (Å²) in [5.74, 6) is 0.436. The Morgan fingerprint density at radius 2 is 1.94 bits per heavy atom. The quantitative estimate of drug-likeness (QED) is 0.808. The van der Waals surface area contributed by atoms with Gasteiger partial charge in [0.25, 0.3) is 0 Å². The van der Waals surface area contributed by atoms with Gasteiger partial charge in [0.2, 0.25) is 5.91 Å². The Morgan fingerprint density at radius 1 is 1.25 bits per heavy atom. The first-order chi connectivity index (χ1) is 7.68. The molecule has 2 heteroatoms. The molecule has 1 aliphatic rings. The van der Waals surface area contributed by atoms with E-state index >= 15 is 0 Å². The molecule has 0 aromatic heterocycles. The van der Waals surface area contributed by atoms with Crippen LogP contribution in [0.25, 0.3) is 0 Å². The SMILES string of the molecule is Cc1cccc(NC(=O)C2CCCC2)c1C. The molecule has 86 valence electrons. The highest BCUT2D eigenvalue weighted by Crippen LogP contribution is 2.27. The van der Waals surface area contributed by atoms with Crippen molar-refractivity contribution in [1.82, 2.24) is 0 Å². The second-order valence-electron chi connectivity index (χ2n) is 4.72. The Hall–Kier alpha value is -1.31. The Bertz CT molecular complexity index is 392. The van der Waals surface area contributed by atoms with Gasteiger partial charge >= 0.3 is 0 Å². The van der Waals surface area contributed by atoms with Crippen LogP contribution in [0.2, 0.25) is 0 Å². The Labute approximate surface area is 97.1 Å². The minimum atomic E-state index is 0.200. The second-order valence-corrected chi connectivity index (χ2v) is 4.72. The Morgan fingerprint density at radius 3 is 2.62 bits per heavy atom. The maximum Gasteiger partial charge on any atom is 0.227 e. The fraction of sp³-hybridized carbons (Fsp3) is 0.500. The number of aryl methyl sites for hydroxylation is 1. The lowest BCUT2D eigenvalue weighted by Crippen LogP contribution is -2.20. The highest BCUT2D eigenvalue weighted by Gasteiger charge is 2.22. The maximum atomic E-state index is 12.0. The van der Waals surface area contributed by atoms with E-state index in [0.29, 0.717) is 0 Å². The van der Waals surface area contributed by atoms with Crippen LogP contribution in [-0.2, 0) is 4.79 Å². The Kier molecular flexibility index (Phi) is 3.28. The van der Waals surface area contributed by atoms with E-state index in [4.69, 9.17) is 0 Å². The first-order valence-corrected chi connectivity index (χ1v) is 6.05. The van der Waals surface area contributed by atoms with Gasteiger partial charge in [0, 0.05) is 11.6 Å². The monoisotopic (exact) mass is 217 g/mol. The number of carbonyl (C=O) groups is 1. The van der Waals surface area contributed by atoms with Crippen LogP contribution >= 0.6 is 0 Å². The van der Waals surface area contributed by atoms with Crippen molar-refractivity contribution >= 4 is 11.6 Å². The molecule has 0 radical (unpaired) electrons. The topological polar surface area (TPSA) is 29.1 Å². The number of nitrogens with one attached hydrogen (secondary N) is 1. The van der Waals surface area contributed by atoms with Gasteiger partial charge in [-0.25, -0.2) is 0 Å². The molecule has 1 N–H and O–H groups in total. The zero-order valence-corrected chi connectivity index (χ0v) is 10.0. The van der Waals surface area contributed by atoms with Gasteiger partial charge in [-0.3, -0.25) is 4.79 Å². The van der Waals surface area contributed by atoms with Gasteiger partial charge in [-0.05, 0) is 43.9 Å². The van der Waals surface area contributed by atoms with E-state index in [2.05, 4.69) is 25.2 Å². The molecule has 1 saturated carbocycles. The molecule has 1 fully saturated rings. The van der Waals surface area contributed by atoms with E-state index in [1.54, 1.807) is 0 Å². The maximum absolute atomic E-state index is 12.0. The molecular formula is C14H19NO. The van der Waals surface area contributed by atoms with Crippen molar-refractivity contribution in [2.45, 2.75) is 39.5 Å². The smallest absolute Gasteiger partial charge is 0.227 e. The van der Waals surface area contributed by atoms with Crippen LogP contribution in [0.5, 0.6) is 0 Å². The van der Waals surface area contributed by atoms with E-state index in [1.807, 2.05) is 12.1 Å². The molecule has 2 nitrogen and oxygen atoms in total. The van der Waals surface area contributed by atoms with Gasteiger partial charge in [0.1, 0.15) is 0 Å². The standard InChI is InChI=1S/C14H19NO/c1-10-6-5-9-13(11(10)2)15-14(16)12-7-3-4-8-12/h5-6,9,12H,3-4,7-8H2,1-2H3,(H,15,16). The van der Waals surface area contributed by atoms with Gasteiger partial charge < -0.3 is 5.32 Å². The summed E-state index contributed by atoms with van der Waals surface area (Å²) >= 11 is 0. The van der Waals surface area contributed by atoms with Crippen LogP contribution in [0.15, 0.2) is 18.2 Å². The van der Waals surface area contributed by atoms with E-state index in [-0.39, 0.29) is 11.8 Å². The zero-order chi connectivity index (χ0) is 11.5. The van der Waals surface area contributed by atoms with Crippen molar-refractivity contribution < 1.29 is 4.79 Å². The lowest BCUT2D eigenvalue weighted by molar-refractivity contribution is -0.119. The van der Waals surface area contributed by atoms with E-state index < -0.39 is 0 Å². The number of benzene rings is 1. The highest BCUT2D eigenvalue weighted by atomic mass is 16.1. The summed E-state index contributed by atoms with van der Waals surface area (Å²) in [6.07, 6.45) is 4.50. The zero-order valence-electron chi connectivity index (χ0n) is 10.0. The summed E-state index contributed by atoms with van der Waals surface area (Å²) in [6, 6.07) is 6.04. The Balaban J connectivity index is 2.08. The summed E-state index contributed by atoms with van der Waals surface area (Å²) in [6.45, 7) is 4.13. The third kappa shape index (κ3) is 2.26. The summed E-state index contributed by atoms with van der Waals surface area (Å²) in [7, 11) is 0. The van der Waals surface area contributed by atoms with Crippen LogP contribution in [0.1, 0.15) is 36.8 Å². The average Bonchev–Trinajstić information content (AvgIpc) is 2.78. The van der Waals surface area contributed by atoms with Crippen LogP contribution < -0.4 is 5.32 Å². The molecule has 0 aliphatic heterocycles. The van der Waals surface area contributed by atoms with E-state index in [1.165, 1.54) is 24.0 Å². The first-order valence-electron chi connectivity index (χ1n) is 6.05. The second kappa shape index (κ2) is 4.69. The predicted molar refractivity (Wildman–Crippen MR) is 66.5 cm³/mol. The van der Waals surface area contributed by atoms with Crippen molar-refractivity contribution in [2.24, 2.45) is 5.92 Å². The molecule has 0 bridgehead atoms. The molecule has 1 aromatic rings. The average molecular weight is 217 g/mol. The van der Waals surface area contributed by atoms with Crippen LogP contribution in [-0.4, -0.2) is 5.91 Å². The fourth-order valence-electron chi connectivity index (χ4n) is 2.31. The summed E-state index contributed by atoms with van der Waals surface area (Å²) in [5.41, 5.74) is 3.37. The molecule has 1 aliphatic carbocycles. The molecule has 2 rings (SSSR count). The summed E-state index contributed by atoms with van der Waals surface area (Å²) in [4.78, 5) is 12.0. The lowest BCUT2D eigenvalue weighted by atomic mass is 10.1. The number of hydrogen-bond donors (Lipinski definition) is 1. The lowest BCUT2D eigenvalue weighted by Gasteiger charge is -2.13. The molecule has 1 aromatic carbocycles.